The lowest BCUT2D eigenvalue weighted by atomic mass is 9.79. The molecular weight excluding hydrogens is 340 g/mol. The SMILES string of the molecule is NC(=O)c1c(NC(=O)C2CCCCC2C(=O)O)sc2c1CCCCC2. The highest BCUT2D eigenvalue weighted by Crippen LogP contribution is 2.38. The number of anilines is 1. The number of carboxylic acid groups (broad SMARTS) is 1. The molecule has 1 aromatic heterocycles. The monoisotopic (exact) mass is 364 g/mol. The average Bonchev–Trinajstić information content (AvgIpc) is 2.76. The van der Waals surface area contributed by atoms with Crippen molar-refractivity contribution in [3.05, 3.63) is 16.0 Å². The van der Waals surface area contributed by atoms with E-state index in [1.165, 1.54) is 11.3 Å². The van der Waals surface area contributed by atoms with E-state index in [9.17, 15) is 19.5 Å². The van der Waals surface area contributed by atoms with Gasteiger partial charge < -0.3 is 16.2 Å². The van der Waals surface area contributed by atoms with Crippen molar-refractivity contribution in [1.82, 2.24) is 0 Å². The third-order valence-corrected chi connectivity index (χ3v) is 6.53. The van der Waals surface area contributed by atoms with Crippen molar-refractivity contribution in [2.24, 2.45) is 17.6 Å². The zero-order chi connectivity index (χ0) is 18.0. The highest BCUT2D eigenvalue weighted by molar-refractivity contribution is 7.17. The van der Waals surface area contributed by atoms with Gasteiger partial charge in [0.15, 0.2) is 0 Å². The number of thiophene rings is 1. The lowest BCUT2D eigenvalue weighted by Gasteiger charge is -2.27. The number of hydrogen-bond donors (Lipinski definition) is 3. The Balaban J connectivity index is 1.85. The fraction of sp³-hybridized carbons (Fsp3) is 0.611. The lowest BCUT2D eigenvalue weighted by Crippen LogP contribution is -2.36. The number of nitrogens with one attached hydrogen (secondary N) is 1. The summed E-state index contributed by atoms with van der Waals surface area (Å²) in [6, 6.07) is 0. The molecule has 136 valence electrons. The van der Waals surface area contributed by atoms with Crippen LogP contribution in [0.5, 0.6) is 0 Å². The summed E-state index contributed by atoms with van der Waals surface area (Å²) < 4.78 is 0. The minimum atomic E-state index is -0.920. The van der Waals surface area contributed by atoms with Crippen LogP contribution in [-0.2, 0) is 22.4 Å². The molecule has 2 aliphatic carbocycles. The Bertz CT molecular complexity index is 697. The van der Waals surface area contributed by atoms with Gasteiger partial charge in [-0.15, -0.1) is 11.3 Å². The van der Waals surface area contributed by atoms with Crippen molar-refractivity contribution in [2.45, 2.75) is 57.8 Å². The number of aliphatic carboxylic acids is 1. The van der Waals surface area contributed by atoms with E-state index in [1.54, 1.807) is 0 Å². The van der Waals surface area contributed by atoms with Gasteiger partial charge in [0.25, 0.3) is 5.91 Å². The first-order chi connectivity index (χ1) is 12.0. The smallest absolute Gasteiger partial charge is 0.307 e. The number of carbonyl (C=O) groups excluding carboxylic acids is 2. The number of carbonyl (C=O) groups is 3. The van der Waals surface area contributed by atoms with E-state index in [4.69, 9.17) is 5.73 Å². The van der Waals surface area contributed by atoms with Crippen LogP contribution in [0.1, 0.15) is 65.7 Å². The van der Waals surface area contributed by atoms with Crippen LogP contribution in [0, 0.1) is 11.8 Å². The maximum atomic E-state index is 12.7. The van der Waals surface area contributed by atoms with E-state index in [1.807, 2.05) is 0 Å². The number of hydrogen-bond acceptors (Lipinski definition) is 4. The molecule has 1 heterocycles. The highest BCUT2D eigenvalue weighted by atomic mass is 32.1. The molecular formula is C18H24N2O4S. The van der Waals surface area contributed by atoms with E-state index in [0.717, 1.165) is 55.4 Å². The Morgan fingerprint density at radius 3 is 2.36 bits per heavy atom. The summed E-state index contributed by atoms with van der Waals surface area (Å²) in [7, 11) is 0. The zero-order valence-electron chi connectivity index (χ0n) is 14.2. The summed E-state index contributed by atoms with van der Waals surface area (Å²) >= 11 is 1.43. The molecule has 0 aliphatic heterocycles. The van der Waals surface area contributed by atoms with Crippen molar-refractivity contribution < 1.29 is 19.5 Å². The van der Waals surface area contributed by atoms with Gasteiger partial charge in [0.1, 0.15) is 5.00 Å². The van der Waals surface area contributed by atoms with Gasteiger partial charge in [0.2, 0.25) is 5.91 Å². The van der Waals surface area contributed by atoms with E-state index in [-0.39, 0.29) is 5.91 Å². The van der Waals surface area contributed by atoms with Gasteiger partial charge in [-0.05, 0) is 44.1 Å². The Kier molecular flexibility index (Phi) is 5.42. The predicted octanol–water partition coefficient (Wildman–Crippen LogP) is 2.95. The first-order valence-electron chi connectivity index (χ1n) is 8.97. The van der Waals surface area contributed by atoms with Crippen LogP contribution >= 0.6 is 11.3 Å². The fourth-order valence-corrected chi connectivity index (χ4v) is 5.33. The number of carboxylic acids is 1. The van der Waals surface area contributed by atoms with Crippen molar-refractivity contribution in [3.63, 3.8) is 0 Å². The summed E-state index contributed by atoms with van der Waals surface area (Å²) in [6.45, 7) is 0. The number of amides is 2. The van der Waals surface area contributed by atoms with Crippen LogP contribution < -0.4 is 11.1 Å². The van der Waals surface area contributed by atoms with Crippen LogP contribution in [0.4, 0.5) is 5.00 Å². The van der Waals surface area contributed by atoms with Crippen LogP contribution in [-0.4, -0.2) is 22.9 Å². The molecule has 0 radical (unpaired) electrons. The first-order valence-corrected chi connectivity index (χ1v) is 9.78. The molecule has 1 fully saturated rings. The molecule has 0 spiro atoms. The van der Waals surface area contributed by atoms with Gasteiger partial charge >= 0.3 is 5.97 Å². The number of aryl methyl sites for hydroxylation is 1. The molecule has 25 heavy (non-hydrogen) atoms. The number of primary amides is 1. The van der Waals surface area contributed by atoms with Crippen LogP contribution in [0.2, 0.25) is 0 Å². The Morgan fingerprint density at radius 1 is 1.00 bits per heavy atom. The van der Waals surface area contributed by atoms with E-state index in [0.29, 0.717) is 23.4 Å². The van der Waals surface area contributed by atoms with Gasteiger partial charge in [0, 0.05) is 4.88 Å². The first kappa shape index (κ1) is 17.9. The molecule has 6 nitrogen and oxygen atoms in total. The van der Waals surface area contributed by atoms with Crippen LogP contribution in [0.15, 0.2) is 0 Å². The molecule has 2 unspecified atom stereocenters. The lowest BCUT2D eigenvalue weighted by molar-refractivity contribution is -0.147. The van der Waals surface area contributed by atoms with E-state index < -0.39 is 23.7 Å². The fourth-order valence-electron chi connectivity index (χ4n) is 4.04. The molecule has 0 saturated heterocycles. The van der Waals surface area contributed by atoms with Gasteiger partial charge in [-0.25, -0.2) is 0 Å². The molecule has 7 heteroatoms. The summed E-state index contributed by atoms with van der Waals surface area (Å²) in [6.07, 6.45) is 7.70. The molecule has 3 rings (SSSR count). The Morgan fingerprint density at radius 2 is 1.68 bits per heavy atom. The molecule has 2 aliphatic rings. The molecule has 1 aromatic rings. The zero-order valence-corrected chi connectivity index (χ0v) is 15.0. The number of fused-ring (bicyclic) bond motifs is 1. The minimum Gasteiger partial charge on any atom is -0.481 e. The van der Waals surface area contributed by atoms with E-state index in [2.05, 4.69) is 5.32 Å². The average molecular weight is 364 g/mol. The summed E-state index contributed by atoms with van der Waals surface area (Å²) in [5, 5.41) is 12.7. The van der Waals surface area contributed by atoms with E-state index >= 15 is 0 Å². The van der Waals surface area contributed by atoms with Crippen molar-refractivity contribution >= 4 is 34.1 Å². The second-order valence-electron chi connectivity index (χ2n) is 6.96. The largest absolute Gasteiger partial charge is 0.481 e. The van der Waals surface area contributed by atoms with Crippen molar-refractivity contribution in [3.8, 4) is 0 Å². The third kappa shape index (κ3) is 3.71. The molecule has 2 amide bonds. The molecule has 0 aromatic carbocycles. The number of rotatable bonds is 4. The van der Waals surface area contributed by atoms with Gasteiger partial charge in [-0.3, -0.25) is 14.4 Å². The van der Waals surface area contributed by atoms with Crippen LogP contribution in [0.3, 0.4) is 0 Å². The summed E-state index contributed by atoms with van der Waals surface area (Å²) in [4.78, 5) is 37.3. The minimum absolute atomic E-state index is 0.300. The Labute approximate surface area is 150 Å². The van der Waals surface area contributed by atoms with Crippen LogP contribution in [0.25, 0.3) is 0 Å². The number of nitrogens with two attached hydrogens (primary N) is 1. The maximum Gasteiger partial charge on any atom is 0.307 e. The van der Waals surface area contributed by atoms with Gasteiger partial charge in [0.05, 0.1) is 17.4 Å². The normalized spacial score (nSPS) is 23.4. The topological polar surface area (TPSA) is 109 Å². The predicted molar refractivity (Wildman–Crippen MR) is 95.8 cm³/mol. The van der Waals surface area contributed by atoms with Crippen molar-refractivity contribution in [1.29, 1.82) is 0 Å². The molecule has 4 N–H and O–H groups in total. The standard InChI is InChI=1S/C18H24N2O4S/c19-15(21)14-12-8-2-1-3-9-13(12)25-17(14)20-16(22)10-6-4-5-7-11(10)18(23)24/h10-11H,1-9H2,(H2,19,21)(H,20,22)(H,23,24). The second kappa shape index (κ2) is 7.56. The summed E-state index contributed by atoms with van der Waals surface area (Å²) in [5.74, 6) is -2.94. The van der Waals surface area contributed by atoms with Gasteiger partial charge in [-0.1, -0.05) is 19.3 Å². The molecule has 2 atom stereocenters. The second-order valence-corrected chi connectivity index (χ2v) is 8.06. The highest BCUT2D eigenvalue weighted by Gasteiger charge is 2.36. The quantitative estimate of drug-likeness (QED) is 0.714. The Hall–Kier alpha value is -1.89. The van der Waals surface area contributed by atoms with Gasteiger partial charge in [-0.2, -0.15) is 0 Å². The third-order valence-electron chi connectivity index (χ3n) is 5.32. The molecule has 1 saturated carbocycles. The summed E-state index contributed by atoms with van der Waals surface area (Å²) in [5.41, 5.74) is 6.99. The molecule has 0 bridgehead atoms. The maximum absolute atomic E-state index is 12.7. The van der Waals surface area contributed by atoms with Crippen molar-refractivity contribution in [2.75, 3.05) is 5.32 Å².